The SMILES string of the molecule is CC(C)(C)n1cc(C(=O)N2CCO[C@@H](CC(=O)O)C2)cn1. The van der Waals surface area contributed by atoms with Crippen molar-refractivity contribution in [1.29, 1.82) is 0 Å². The minimum Gasteiger partial charge on any atom is -0.481 e. The number of carbonyl (C=O) groups is 2. The van der Waals surface area contributed by atoms with Crippen LogP contribution in [0.1, 0.15) is 37.6 Å². The Bertz CT molecular complexity index is 533. The molecule has 0 spiro atoms. The molecule has 2 rings (SSSR count). The van der Waals surface area contributed by atoms with E-state index in [0.29, 0.717) is 25.3 Å². The first-order valence-corrected chi connectivity index (χ1v) is 6.95. The van der Waals surface area contributed by atoms with Crippen molar-refractivity contribution in [2.45, 2.75) is 38.8 Å². The lowest BCUT2D eigenvalue weighted by Crippen LogP contribution is -2.46. The average molecular weight is 295 g/mol. The molecule has 0 saturated carbocycles. The van der Waals surface area contributed by atoms with Gasteiger partial charge < -0.3 is 14.7 Å². The van der Waals surface area contributed by atoms with E-state index in [1.54, 1.807) is 22.0 Å². The minimum atomic E-state index is -0.921. The van der Waals surface area contributed by atoms with Gasteiger partial charge in [-0.25, -0.2) is 0 Å². The number of nitrogens with zero attached hydrogens (tertiary/aromatic N) is 3. The lowest BCUT2D eigenvalue weighted by Gasteiger charge is -2.32. The fourth-order valence-electron chi connectivity index (χ4n) is 2.20. The lowest BCUT2D eigenvalue weighted by atomic mass is 10.1. The Kier molecular flexibility index (Phi) is 4.32. The van der Waals surface area contributed by atoms with Gasteiger partial charge in [0, 0.05) is 19.3 Å². The van der Waals surface area contributed by atoms with Gasteiger partial charge in [-0.15, -0.1) is 0 Å². The molecule has 1 aliphatic heterocycles. The molecule has 1 saturated heterocycles. The maximum Gasteiger partial charge on any atom is 0.306 e. The predicted molar refractivity (Wildman–Crippen MR) is 75.1 cm³/mol. The third-order valence-corrected chi connectivity index (χ3v) is 3.35. The summed E-state index contributed by atoms with van der Waals surface area (Å²) in [5.41, 5.74) is 0.330. The summed E-state index contributed by atoms with van der Waals surface area (Å²) in [6.07, 6.45) is 2.74. The first-order chi connectivity index (χ1) is 9.77. The zero-order valence-electron chi connectivity index (χ0n) is 12.6. The summed E-state index contributed by atoms with van der Waals surface area (Å²) in [4.78, 5) is 24.8. The molecule has 1 N–H and O–H groups in total. The van der Waals surface area contributed by atoms with Gasteiger partial charge in [-0.2, -0.15) is 5.10 Å². The third kappa shape index (κ3) is 3.81. The van der Waals surface area contributed by atoms with E-state index in [9.17, 15) is 9.59 Å². The second-order valence-electron chi connectivity index (χ2n) is 6.19. The fraction of sp³-hybridized carbons (Fsp3) is 0.643. The average Bonchev–Trinajstić information content (AvgIpc) is 2.86. The van der Waals surface area contributed by atoms with Crippen LogP contribution in [0.4, 0.5) is 0 Å². The van der Waals surface area contributed by atoms with Crippen LogP contribution in [0.15, 0.2) is 12.4 Å². The molecule has 0 unspecified atom stereocenters. The van der Waals surface area contributed by atoms with E-state index in [4.69, 9.17) is 9.84 Å². The van der Waals surface area contributed by atoms with Crippen LogP contribution in [-0.2, 0) is 15.1 Å². The molecule has 2 heterocycles. The molecule has 21 heavy (non-hydrogen) atoms. The number of hydrogen-bond acceptors (Lipinski definition) is 4. The van der Waals surface area contributed by atoms with Gasteiger partial charge in [0.1, 0.15) is 0 Å². The molecule has 1 aromatic heterocycles. The molecule has 0 aromatic carbocycles. The Balaban J connectivity index is 2.05. The van der Waals surface area contributed by atoms with Gasteiger partial charge in [-0.1, -0.05) is 0 Å². The van der Waals surface area contributed by atoms with Crippen molar-refractivity contribution in [3.8, 4) is 0 Å². The number of amides is 1. The Morgan fingerprint density at radius 3 is 2.76 bits per heavy atom. The summed E-state index contributed by atoms with van der Waals surface area (Å²) in [6, 6.07) is 0. The maximum atomic E-state index is 12.4. The molecule has 7 heteroatoms. The Hall–Kier alpha value is -1.89. The van der Waals surface area contributed by atoms with Crippen molar-refractivity contribution in [2.75, 3.05) is 19.7 Å². The quantitative estimate of drug-likeness (QED) is 0.897. The molecular formula is C14H21N3O4. The van der Waals surface area contributed by atoms with Crippen LogP contribution in [0, 0.1) is 0 Å². The number of aromatic nitrogens is 2. The number of carboxylic acid groups (broad SMARTS) is 1. The van der Waals surface area contributed by atoms with Gasteiger partial charge in [0.05, 0.1) is 36.4 Å². The van der Waals surface area contributed by atoms with E-state index in [0.717, 1.165) is 0 Å². The fourth-order valence-corrected chi connectivity index (χ4v) is 2.20. The number of aliphatic carboxylic acids is 1. The van der Waals surface area contributed by atoms with Crippen LogP contribution < -0.4 is 0 Å². The summed E-state index contributed by atoms with van der Waals surface area (Å²) in [7, 11) is 0. The monoisotopic (exact) mass is 295 g/mol. The number of hydrogen-bond donors (Lipinski definition) is 1. The highest BCUT2D eigenvalue weighted by atomic mass is 16.5. The van der Waals surface area contributed by atoms with Gasteiger partial charge in [-0.05, 0) is 20.8 Å². The summed E-state index contributed by atoms with van der Waals surface area (Å²) in [6.45, 7) is 7.14. The first kappa shape index (κ1) is 15.5. The number of rotatable bonds is 3. The number of carbonyl (C=O) groups excluding carboxylic acids is 1. The highest BCUT2D eigenvalue weighted by Gasteiger charge is 2.27. The normalized spacial score (nSPS) is 19.6. The Morgan fingerprint density at radius 2 is 2.19 bits per heavy atom. The van der Waals surface area contributed by atoms with Gasteiger partial charge >= 0.3 is 5.97 Å². The van der Waals surface area contributed by atoms with Crippen molar-refractivity contribution in [3.05, 3.63) is 18.0 Å². The molecule has 1 aromatic rings. The topological polar surface area (TPSA) is 84.7 Å². The molecule has 0 bridgehead atoms. The van der Waals surface area contributed by atoms with Crippen LogP contribution in [0.25, 0.3) is 0 Å². The van der Waals surface area contributed by atoms with Crippen molar-refractivity contribution >= 4 is 11.9 Å². The van der Waals surface area contributed by atoms with E-state index in [-0.39, 0.29) is 17.9 Å². The number of ether oxygens (including phenoxy) is 1. The predicted octanol–water partition coefficient (Wildman–Crippen LogP) is 0.954. The second-order valence-corrected chi connectivity index (χ2v) is 6.19. The van der Waals surface area contributed by atoms with Crippen LogP contribution in [-0.4, -0.2) is 57.5 Å². The second kappa shape index (κ2) is 5.85. The Morgan fingerprint density at radius 1 is 1.48 bits per heavy atom. The molecular weight excluding hydrogens is 274 g/mol. The maximum absolute atomic E-state index is 12.4. The van der Waals surface area contributed by atoms with E-state index in [1.165, 1.54) is 0 Å². The van der Waals surface area contributed by atoms with Crippen molar-refractivity contribution in [3.63, 3.8) is 0 Å². The van der Waals surface area contributed by atoms with Crippen LogP contribution >= 0.6 is 0 Å². The third-order valence-electron chi connectivity index (χ3n) is 3.35. The smallest absolute Gasteiger partial charge is 0.306 e. The van der Waals surface area contributed by atoms with Crippen molar-refractivity contribution in [2.24, 2.45) is 0 Å². The van der Waals surface area contributed by atoms with Crippen molar-refractivity contribution < 1.29 is 19.4 Å². The van der Waals surface area contributed by atoms with E-state index in [2.05, 4.69) is 5.10 Å². The highest BCUT2D eigenvalue weighted by Crippen LogP contribution is 2.16. The molecule has 116 valence electrons. The Labute approximate surface area is 123 Å². The number of morpholine rings is 1. The van der Waals surface area contributed by atoms with Gasteiger partial charge in [0.2, 0.25) is 0 Å². The van der Waals surface area contributed by atoms with E-state index >= 15 is 0 Å². The van der Waals surface area contributed by atoms with Crippen molar-refractivity contribution in [1.82, 2.24) is 14.7 Å². The summed E-state index contributed by atoms with van der Waals surface area (Å²) in [5, 5.41) is 13.0. The zero-order valence-corrected chi connectivity index (χ0v) is 12.6. The minimum absolute atomic E-state index is 0.0922. The van der Waals surface area contributed by atoms with Crippen LogP contribution in [0.3, 0.4) is 0 Å². The van der Waals surface area contributed by atoms with Crippen LogP contribution in [0.2, 0.25) is 0 Å². The van der Waals surface area contributed by atoms with Gasteiger partial charge in [0.15, 0.2) is 0 Å². The van der Waals surface area contributed by atoms with E-state index in [1.807, 2.05) is 20.8 Å². The molecule has 1 fully saturated rings. The summed E-state index contributed by atoms with van der Waals surface area (Å²) in [5.74, 6) is -1.06. The van der Waals surface area contributed by atoms with Gasteiger partial charge in [-0.3, -0.25) is 14.3 Å². The highest BCUT2D eigenvalue weighted by molar-refractivity contribution is 5.93. The molecule has 0 radical (unpaired) electrons. The van der Waals surface area contributed by atoms with Crippen LogP contribution in [0.5, 0.6) is 0 Å². The molecule has 1 atom stereocenters. The molecule has 1 aliphatic rings. The lowest BCUT2D eigenvalue weighted by molar-refractivity contribution is -0.141. The molecule has 1 amide bonds. The standard InChI is InChI=1S/C14H21N3O4/c1-14(2,3)17-8-10(7-15-17)13(20)16-4-5-21-11(9-16)6-12(18)19/h7-8,11H,4-6,9H2,1-3H3,(H,18,19)/t11-/m0/s1. The first-order valence-electron chi connectivity index (χ1n) is 6.95. The molecule has 7 nitrogen and oxygen atoms in total. The molecule has 0 aliphatic carbocycles. The van der Waals surface area contributed by atoms with E-state index < -0.39 is 12.1 Å². The zero-order chi connectivity index (χ0) is 15.6. The number of carboxylic acids is 1. The summed E-state index contributed by atoms with van der Waals surface area (Å²) >= 11 is 0. The van der Waals surface area contributed by atoms with Gasteiger partial charge in [0.25, 0.3) is 5.91 Å². The largest absolute Gasteiger partial charge is 0.481 e. The summed E-state index contributed by atoms with van der Waals surface area (Å²) < 4.78 is 7.11.